The molecule has 2 unspecified atom stereocenters. The first-order valence-corrected chi connectivity index (χ1v) is 18.6. The fraction of sp³-hybridized carbons (Fsp3) is 0.706. The summed E-state index contributed by atoms with van der Waals surface area (Å²) < 4.78 is 37.9. The predicted molar refractivity (Wildman–Crippen MR) is 177 cm³/mol. The zero-order chi connectivity index (χ0) is 31.7. The van der Waals surface area contributed by atoms with E-state index in [-0.39, 0.29) is 26.1 Å². The van der Waals surface area contributed by atoms with Crippen LogP contribution in [-0.4, -0.2) is 41.8 Å². The average Bonchev–Trinajstić information content (AvgIpc) is 3.02. The van der Waals surface area contributed by atoms with Crippen molar-refractivity contribution in [2.24, 2.45) is 0 Å². The number of aromatic amines is 1. The van der Waals surface area contributed by atoms with Crippen LogP contribution in [0.3, 0.4) is 0 Å². The first-order valence-electron chi connectivity index (χ1n) is 16.8. The second kappa shape index (κ2) is 24.2. The Bertz CT molecular complexity index is 1140. The van der Waals surface area contributed by atoms with Crippen LogP contribution in [0.5, 0.6) is 0 Å². The lowest BCUT2D eigenvalue weighted by atomic mass is 10.0. The molecular formula is C34H57N2O7P. The number of rotatable bonds is 28. The number of unbranched alkanes of at least 4 members (excludes halogenated alkanes) is 13. The third-order valence-corrected chi connectivity index (χ3v) is 9.07. The van der Waals surface area contributed by atoms with Gasteiger partial charge in [0, 0.05) is 25.5 Å². The maximum atomic E-state index is 13.5. The van der Waals surface area contributed by atoms with Crippen molar-refractivity contribution in [1.82, 2.24) is 9.55 Å². The zero-order valence-corrected chi connectivity index (χ0v) is 28.1. The summed E-state index contributed by atoms with van der Waals surface area (Å²) in [5.41, 5.74) is -0.113. The third kappa shape index (κ3) is 18.7. The Morgan fingerprint density at radius 1 is 0.750 bits per heavy atom. The highest BCUT2D eigenvalue weighted by Gasteiger charge is 2.26. The van der Waals surface area contributed by atoms with Crippen LogP contribution in [0.25, 0.3) is 0 Å². The molecule has 0 aliphatic rings. The minimum atomic E-state index is -3.58. The molecule has 1 aromatic carbocycles. The Morgan fingerprint density at radius 2 is 1.34 bits per heavy atom. The Hall–Kier alpha value is -2.03. The van der Waals surface area contributed by atoms with Crippen LogP contribution in [0.1, 0.15) is 116 Å². The maximum Gasteiger partial charge on any atom is 0.356 e. The highest BCUT2D eigenvalue weighted by molar-refractivity contribution is 7.53. The molecule has 2 rings (SSSR count). The van der Waals surface area contributed by atoms with Crippen LogP contribution < -0.4 is 11.2 Å². The number of hydrogen-bond acceptors (Lipinski definition) is 7. The fourth-order valence-corrected chi connectivity index (χ4v) is 6.27. The quantitative estimate of drug-likeness (QED) is 0.0741. The second-order valence-electron chi connectivity index (χ2n) is 11.6. The zero-order valence-electron chi connectivity index (χ0n) is 27.2. The topological polar surface area (TPSA) is 109 Å². The van der Waals surface area contributed by atoms with E-state index in [9.17, 15) is 14.2 Å². The van der Waals surface area contributed by atoms with Gasteiger partial charge < -0.3 is 18.5 Å². The number of nitrogens with one attached hydrogen (secondary N) is 1. The van der Waals surface area contributed by atoms with E-state index in [1.165, 1.54) is 100 Å². The molecule has 0 radical (unpaired) electrons. The van der Waals surface area contributed by atoms with E-state index in [1.807, 2.05) is 30.3 Å². The highest BCUT2D eigenvalue weighted by Crippen LogP contribution is 2.49. The fourth-order valence-electron chi connectivity index (χ4n) is 4.86. The van der Waals surface area contributed by atoms with Crippen LogP contribution in [0.2, 0.25) is 0 Å². The van der Waals surface area contributed by atoms with E-state index in [2.05, 4.69) is 11.9 Å². The Labute approximate surface area is 264 Å². The number of aromatic nitrogens is 2. The maximum absolute atomic E-state index is 13.5. The lowest BCUT2D eigenvalue weighted by Crippen LogP contribution is -2.32. The van der Waals surface area contributed by atoms with Gasteiger partial charge in [-0.2, -0.15) is 0 Å². The molecule has 0 aliphatic carbocycles. The van der Waals surface area contributed by atoms with Crippen LogP contribution in [0, 0.1) is 0 Å². The van der Waals surface area contributed by atoms with Gasteiger partial charge in [-0.1, -0.05) is 121 Å². The van der Waals surface area contributed by atoms with Crippen molar-refractivity contribution < 1.29 is 23.1 Å². The summed E-state index contributed by atoms with van der Waals surface area (Å²) in [5.74, 6) is 0. The van der Waals surface area contributed by atoms with Crippen molar-refractivity contribution in [2.75, 3.05) is 26.2 Å². The molecule has 0 saturated carbocycles. The molecule has 1 N–H and O–H groups in total. The molecule has 1 heterocycles. The van der Waals surface area contributed by atoms with Gasteiger partial charge in [-0.05, 0) is 25.3 Å². The van der Waals surface area contributed by atoms with Gasteiger partial charge >= 0.3 is 13.3 Å². The average molecular weight is 637 g/mol. The summed E-state index contributed by atoms with van der Waals surface area (Å²) in [7, 11) is -3.58. The van der Waals surface area contributed by atoms with Crippen molar-refractivity contribution in [2.45, 2.75) is 129 Å². The summed E-state index contributed by atoms with van der Waals surface area (Å²) in [4.78, 5) is 25.5. The standard InChI is InChI=1S/C34H57N2O7P/c1-3-4-5-6-7-8-9-10-11-12-13-14-15-19-25-40-26-20-27-42-44(39,43-29-32-21-17-16-18-22-32)30-41-31(2)28-36-24-23-33(37)35-34(36)38/h16-18,21-24,31H,3-15,19-20,25-30H2,1-2H3,(H,35,37,38). The summed E-state index contributed by atoms with van der Waals surface area (Å²) >= 11 is 0. The highest BCUT2D eigenvalue weighted by atomic mass is 31.2. The minimum absolute atomic E-state index is 0.130. The number of hydrogen-bond donors (Lipinski definition) is 1. The van der Waals surface area contributed by atoms with Gasteiger partial charge in [-0.3, -0.25) is 18.9 Å². The molecule has 9 nitrogen and oxygen atoms in total. The molecule has 44 heavy (non-hydrogen) atoms. The first kappa shape index (κ1) is 38.2. The van der Waals surface area contributed by atoms with Crippen molar-refractivity contribution in [3.63, 3.8) is 0 Å². The lowest BCUT2D eigenvalue weighted by molar-refractivity contribution is 0.0600. The molecule has 10 heteroatoms. The minimum Gasteiger partial charge on any atom is -0.381 e. The second-order valence-corrected chi connectivity index (χ2v) is 13.6. The normalized spacial score (nSPS) is 13.6. The molecule has 0 bridgehead atoms. The van der Waals surface area contributed by atoms with Gasteiger partial charge in [0.15, 0.2) is 0 Å². The molecule has 0 amide bonds. The Balaban J connectivity index is 1.57. The van der Waals surface area contributed by atoms with Gasteiger partial charge in [0.05, 0.1) is 25.9 Å². The molecule has 0 spiro atoms. The van der Waals surface area contributed by atoms with Crippen LogP contribution >= 0.6 is 7.60 Å². The summed E-state index contributed by atoms with van der Waals surface area (Å²) in [6.45, 7) is 5.82. The first-order chi connectivity index (χ1) is 21.4. The lowest BCUT2D eigenvalue weighted by Gasteiger charge is -2.21. The molecule has 0 saturated heterocycles. The SMILES string of the molecule is CCCCCCCCCCCCCCCCOCCCOP(=O)(COC(C)Cn1ccc(=O)[nH]c1=O)OCc1ccccc1. The molecule has 0 aliphatic heterocycles. The summed E-state index contributed by atoms with van der Waals surface area (Å²) in [5, 5.41) is 0. The smallest absolute Gasteiger partial charge is 0.356 e. The summed E-state index contributed by atoms with van der Waals surface area (Å²) in [6, 6.07) is 10.7. The van der Waals surface area contributed by atoms with Crippen LogP contribution in [0.4, 0.5) is 0 Å². The van der Waals surface area contributed by atoms with Crippen molar-refractivity contribution >= 4 is 7.60 Å². The van der Waals surface area contributed by atoms with E-state index in [0.717, 1.165) is 18.6 Å². The number of nitrogens with zero attached hydrogens (tertiary/aromatic N) is 1. The number of H-pyrrole nitrogens is 1. The van der Waals surface area contributed by atoms with E-state index >= 15 is 0 Å². The van der Waals surface area contributed by atoms with Gasteiger partial charge in [0.2, 0.25) is 0 Å². The third-order valence-electron chi connectivity index (χ3n) is 7.50. The van der Waals surface area contributed by atoms with Gasteiger partial charge in [-0.15, -0.1) is 0 Å². The van der Waals surface area contributed by atoms with Crippen LogP contribution in [0.15, 0.2) is 52.2 Å². The molecule has 250 valence electrons. The molecule has 2 atom stereocenters. The van der Waals surface area contributed by atoms with Crippen molar-refractivity contribution in [3.8, 4) is 0 Å². The number of ether oxygens (including phenoxy) is 2. The number of benzene rings is 1. The molecule has 1 aromatic heterocycles. The largest absolute Gasteiger partial charge is 0.381 e. The van der Waals surface area contributed by atoms with Crippen LogP contribution in [-0.2, 0) is 36.2 Å². The van der Waals surface area contributed by atoms with E-state index in [4.69, 9.17) is 18.5 Å². The van der Waals surface area contributed by atoms with Crippen molar-refractivity contribution in [3.05, 3.63) is 69.0 Å². The Kier molecular flexibility index (Phi) is 21.0. The molecule has 2 aromatic rings. The van der Waals surface area contributed by atoms with Gasteiger partial charge in [0.1, 0.15) is 6.35 Å². The predicted octanol–water partition coefficient (Wildman–Crippen LogP) is 8.21. The monoisotopic (exact) mass is 636 g/mol. The van der Waals surface area contributed by atoms with E-state index in [0.29, 0.717) is 13.0 Å². The van der Waals surface area contributed by atoms with Gasteiger partial charge in [0.25, 0.3) is 5.56 Å². The van der Waals surface area contributed by atoms with Crippen molar-refractivity contribution in [1.29, 1.82) is 0 Å². The molecule has 0 fully saturated rings. The summed E-state index contributed by atoms with van der Waals surface area (Å²) in [6.07, 6.45) is 19.9. The van der Waals surface area contributed by atoms with Gasteiger partial charge in [-0.25, -0.2) is 4.79 Å². The Morgan fingerprint density at radius 3 is 1.95 bits per heavy atom. The van der Waals surface area contributed by atoms with E-state index < -0.39 is 24.9 Å². The molecular weight excluding hydrogens is 579 g/mol. The van der Waals surface area contributed by atoms with E-state index in [1.54, 1.807) is 6.92 Å².